The molecule has 3 rings (SSSR count). The highest BCUT2D eigenvalue weighted by Gasteiger charge is 2.35. The topological polar surface area (TPSA) is 44.8 Å². The number of likely N-dealkylation sites (N-methyl/N-ethyl adjacent to an activating group) is 1. The minimum absolute atomic E-state index is 0.0882. The molecule has 25 heavy (non-hydrogen) atoms. The van der Waals surface area contributed by atoms with Crippen LogP contribution in [0.3, 0.4) is 0 Å². The summed E-state index contributed by atoms with van der Waals surface area (Å²) in [6, 6.07) is 11.7. The maximum atomic E-state index is 12.4. The number of amides is 2. The van der Waals surface area contributed by atoms with Crippen molar-refractivity contribution in [2.24, 2.45) is 0 Å². The van der Waals surface area contributed by atoms with Gasteiger partial charge in [-0.25, -0.2) is 4.79 Å². The Kier molecular flexibility index (Phi) is 6.70. The lowest BCUT2D eigenvalue weighted by Crippen LogP contribution is -2.45. The molecular formula is C20H31N3O2. The Morgan fingerprint density at radius 1 is 1.16 bits per heavy atom. The van der Waals surface area contributed by atoms with E-state index in [2.05, 4.69) is 41.5 Å². The molecule has 0 saturated carbocycles. The van der Waals surface area contributed by atoms with E-state index < -0.39 is 0 Å². The highest BCUT2D eigenvalue weighted by Crippen LogP contribution is 2.28. The van der Waals surface area contributed by atoms with Crippen LogP contribution in [0.2, 0.25) is 0 Å². The first-order valence-corrected chi connectivity index (χ1v) is 9.60. The second-order valence-electron chi connectivity index (χ2n) is 7.22. The van der Waals surface area contributed by atoms with E-state index >= 15 is 0 Å². The van der Waals surface area contributed by atoms with Crippen LogP contribution in [0.5, 0.6) is 0 Å². The van der Waals surface area contributed by atoms with Gasteiger partial charge in [-0.2, -0.15) is 0 Å². The van der Waals surface area contributed by atoms with Crippen LogP contribution in [0.15, 0.2) is 30.3 Å². The summed E-state index contributed by atoms with van der Waals surface area (Å²) in [4.78, 5) is 16.8. The van der Waals surface area contributed by atoms with Crippen molar-refractivity contribution < 1.29 is 9.53 Å². The summed E-state index contributed by atoms with van der Waals surface area (Å²) in [6.45, 7) is 3.86. The third-order valence-electron chi connectivity index (χ3n) is 5.56. The number of fused-ring (bicyclic) bond motifs is 2. The number of benzene rings is 1. The molecule has 2 bridgehead atoms. The van der Waals surface area contributed by atoms with Gasteiger partial charge in [-0.15, -0.1) is 0 Å². The van der Waals surface area contributed by atoms with Gasteiger partial charge in [-0.3, -0.25) is 4.90 Å². The van der Waals surface area contributed by atoms with Gasteiger partial charge >= 0.3 is 6.03 Å². The number of nitrogens with one attached hydrogen (secondary N) is 1. The average molecular weight is 345 g/mol. The normalized spacial score (nSPS) is 23.5. The smallest absolute Gasteiger partial charge is 0.317 e. The lowest BCUT2D eigenvalue weighted by Gasteiger charge is -2.26. The SMILES string of the molecule is CN1[C@H]2CC[C@H]1CN(C(=O)NCCCOCCc1ccccc1)CC2. The second kappa shape index (κ2) is 9.20. The van der Waals surface area contributed by atoms with Crippen LogP contribution in [0.25, 0.3) is 0 Å². The molecule has 5 heteroatoms. The van der Waals surface area contributed by atoms with Crippen LogP contribution in [0, 0.1) is 0 Å². The van der Waals surface area contributed by atoms with Crippen molar-refractivity contribution in [3.05, 3.63) is 35.9 Å². The van der Waals surface area contributed by atoms with Gasteiger partial charge in [-0.1, -0.05) is 30.3 Å². The van der Waals surface area contributed by atoms with Crippen LogP contribution in [0.1, 0.15) is 31.2 Å². The predicted molar refractivity (Wildman–Crippen MR) is 99.7 cm³/mol. The van der Waals surface area contributed by atoms with Gasteiger partial charge in [0.05, 0.1) is 6.61 Å². The van der Waals surface area contributed by atoms with E-state index in [1.54, 1.807) is 0 Å². The lowest BCUT2D eigenvalue weighted by atomic mass is 10.1. The molecule has 5 nitrogen and oxygen atoms in total. The van der Waals surface area contributed by atoms with E-state index in [1.165, 1.54) is 18.4 Å². The Labute approximate surface area is 151 Å². The molecule has 2 aliphatic heterocycles. The van der Waals surface area contributed by atoms with Crippen molar-refractivity contribution in [2.75, 3.05) is 39.9 Å². The number of hydrogen-bond acceptors (Lipinski definition) is 3. The molecule has 2 saturated heterocycles. The number of carbonyl (C=O) groups excluding carboxylic acids is 1. The summed E-state index contributed by atoms with van der Waals surface area (Å²) < 4.78 is 5.67. The quantitative estimate of drug-likeness (QED) is 0.773. The minimum Gasteiger partial charge on any atom is -0.381 e. The van der Waals surface area contributed by atoms with E-state index in [0.29, 0.717) is 25.2 Å². The Morgan fingerprint density at radius 2 is 1.96 bits per heavy atom. The van der Waals surface area contributed by atoms with Gasteiger partial charge in [0.2, 0.25) is 0 Å². The number of nitrogens with zero attached hydrogens (tertiary/aromatic N) is 2. The summed E-state index contributed by atoms with van der Waals surface area (Å²) in [6.07, 6.45) is 5.41. The molecule has 2 fully saturated rings. The molecule has 138 valence electrons. The number of hydrogen-bond donors (Lipinski definition) is 1. The van der Waals surface area contributed by atoms with E-state index in [1.807, 2.05) is 11.0 Å². The van der Waals surface area contributed by atoms with E-state index in [9.17, 15) is 4.79 Å². The van der Waals surface area contributed by atoms with Crippen molar-refractivity contribution in [1.82, 2.24) is 15.1 Å². The van der Waals surface area contributed by atoms with E-state index in [-0.39, 0.29) is 6.03 Å². The van der Waals surface area contributed by atoms with Gasteiger partial charge in [0, 0.05) is 38.3 Å². The highest BCUT2D eigenvalue weighted by atomic mass is 16.5. The molecule has 2 atom stereocenters. The fourth-order valence-electron chi connectivity index (χ4n) is 3.91. The van der Waals surface area contributed by atoms with Gasteiger partial charge in [0.1, 0.15) is 0 Å². The summed E-state index contributed by atoms with van der Waals surface area (Å²) in [5.74, 6) is 0. The zero-order valence-electron chi connectivity index (χ0n) is 15.3. The number of likely N-dealkylation sites (tertiary alicyclic amines) is 1. The fourth-order valence-corrected chi connectivity index (χ4v) is 3.91. The number of urea groups is 1. The van der Waals surface area contributed by atoms with Gasteiger partial charge in [0.25, 0.3) is 0 Å². The molecular weight excluding hydrogens is 314 g/mol. The minimum atomic E-state index is 0.0882. The molecule has 0 radical (unpaired) electrons. The maximum absolute atomic E-state index is 12.4. The van der Waals surface area contributed by atoms with Crippen molar-refractivity contribution >= 4 is 6.03 Å². The van der Waals surface area contributed by atoms with Crippen LogP contribution in [-0.2, 0) is 11.2 Å². The Bertz CT molecular complexity index is 537. The van der Waals surface area contributed by atoms with Gasteiger partial charge < -0.3 is 15.0 Å². The zero-order chi connectivity index (χ0) is 17.5. The standard InChI is InChI=1S/C20H31N3O2/c1-22-18-8-9-19(22)16-23(13-10-18)20(24)21-12-5-14-25-15-11-17-6-3-2-4-7-17/h2-4,6-7,18-19H,5,8-16H2,1H3,(H,21,24)/t18-,19-/m0/s1. The fraction of sp³-hybridized carbons (Fsp3) is 0.650. The largest absolute Gasteiger partial charge is 0.381 e. The van der Waals surface area contributed by atoms with Crippen molar-refractivity contribution in [1.29, 1.82) is 0 Å². The summed E-state index contributed by atoms with van der Waals surface area (Å²) in [5, 5.41) is 3.05. The molecule has 2 amide bonds. The first kappa shape index (κ1) is 18.2. The first-order valence-electron chi connectivity index (χ1n) is 9.60. The summed E-state index contributed by atoms with van der Waals surface area (Å²) in [7, 11) is 2.20. The van der Waals surface area contributed by atoms with Crippen LogP contribution < -0.4 is 5.32 Å². The summed E-state index contributed by atoms with van der Waals surface area (Å²) >= 11 is 0. The predicted octanol–water partition coefficient (Wildman–Crippen LogP) is 2.51. The number of rotatable bonds is 7. The number of ether oxygens (including phenoxy) is 1. The number of carbonyl (C=O) groups is 1. The second-order valence-corrected chi connectivity index (χ2v) is 7.22. The molecule has 1 N–H and O–H groups in total. The molecule has 0 aromatic heterocycles. The monoisotopic (exact) mass is 345 g/mol. The van der Waals surface area contributed by atoms with E-state index in [0.717, 1.165) is 39.0 Å². The Morgan fingerprint density at radius 3 is 2.80 bits per heavy atom. The van der Waals surface area contributed by atoms with Crippen LogP contribution in [-0.4, -0.2) is 67.8 Å². The molecule has 1 aromatic rings. The van der Waals surface area contributed by atoms with Crippen molar-refractivity contribution in [3.63, 3.8) is 0 Å². The molecule has 2 heterocycles. The van der Waals surface area contributed by atoms with E-state index in [4.69, 9.17) is 4.74 Å². The maximum Gasteiger partial charge on any atom is 0.317 e. The Hall–Kier alpha value is -1.59. The lowest BCUT2D eigenvalue weighted by molar-refractivity contribution is 0.134. The summed E-state index contributed by atoms with van der Waals surface area (Å²) in [5.41, 5.74) is 1.30. The Balaban J connectivity index is 1.26. The van der Waals surface area contributed by atoms with Crippen LogP contribution in [0.4, 0.5) is 4.79 Å². The van der Waals surface area contributed by atoms with Crippen molar-refractivity contribution in [3.8, 4) is 0 Å². The zero-order valence-corrected chi connectivity index (χ0v) is 15.3. The van der Waals surface area contributed by atoms with Crippen molar-refractivity contribution in [2.45, 2.75) is 44.2 Å². The van der Waals surface area contributed by atoms with Gasteiger partial charge in [0.15, 0.2) is 0 Å². The third kappa shape index (κ3) is 5.19. The molecule has 0 spiro atoms. The van der Waals surface area contributed by atoms with Crippen LogP contribution >= 0.6 is 0 Å². The molecule has 2 aliphatic rings. The third-order valence-corrected chi connectivity index (χ3v) is 5.56. The molecule has 1 aromatic carbocycles. The first-order chi connectivity index (χ1) is 12.2. The molecule has 0 aliphatic carbocycles. The highest BCUT2D eigenvalue weighted by molar-refractivity contribution is 5.74. The molecule has 0 unspecified atom stereocenters. The van der Waals surface area contributed by atoms with Gasteiger partial charge in [-0.05, 0) is 44.7 Å². The average Bonchev–Trinajstić information content (AvgIpc) is 2.87.